The highest BCUT2D eigenvalue weighted by atomic mass is 16.6. The molecule has 0 fully saturated rings. The molecule has 1 atom stereocenters. The summed E-state index contributed by atoms with van der Waals surface area (Å²) < 4.78 is 5.44. The average Bonchev–Trinajstić information content (AvgIpc) is 2.82. The third-order valence-electron chi connectivity index (χ3n) is 5.41. The maximum atomic E-state index is 12.9. The highest BCUT2D eigenvalue weighted by Gasteiger charge is 2.24. The van der Waals surface area contributed by atoms with Crippen LogP contribution in [0.1, 0.15) is 47.8 Å². The Balaban J connectivity index is 1.71. The number of carbonyl (C=O) groups excluding carboxylic acids is 2. The number of ether oxygens (including phenoxy) is 1. The summed E-state index contributed by atoms with van der Waals surface area (Å²) in [7, 11) is 0. The van der Waals surface area contributed by atoms with Crippen LogP contribution in [0.15, 0.2) is 78.9 Å². The first-order valence-corrected chi connectivity index (χ1v) is 11.0. The first-order chi connectivity index (χ1) is 16.1. The van der Waals surface area contributed by atoms with Crippen LogP contribution in [0.25, 0.3) is 0 Å². The lowest BCUT2D eigenvalue weighted by Gasteiger charge is -2.20. The van der Waals surface area contributed by atoms with Crippen molar-refractivity contribution in [2.45, 2.75) is 45.3 Å². The fourth-order valence-corrected chi connectivity index (χ4v) is 3.38. The van der Waals surface area contributed by atoms with Crippen molar-refractivity contribution in [1.29, 1.82) is 0 Å². The van der Waals surface area contributed by atoms with E-state index in [1.54, 1.807) is 12.1 Å². The summed E-state index contributed by atoms with van der Waals surface area (Å²) in [5.41, 5.74) is 2.97. The highest BCUT2D eigenvalue weighted by molar-refractivity contribution is 5.96. The van der Waals surface area contributed by atoms with Crippen molar-refractivity contribution < 1.29 is 19.2 Å². The van der Waals surface area contributed by atoms with Crippen molar-refractivity contribution in [3.63, 3.8) is 0 Å². The molecular formula is C27H28N2O5. The van der Waals surface area contributed by atoms with E-state index in [9.17, 15) is 19.7 Å². The van der Waals surface area contributed by atoms with Crippen molar-refractivity contribution in [2.24, 2.45) is 0 Å². The van der Waals surface area contributed by atoms with Crippen molar-refractivity contribution in [3.05, 3.63) is 111 Å². The quantitative estimate of drug-likeness (QED) is 0.290. The van der Waals surface area contributed by atoms with Gasteiger partial charge in [-0.3, -0.25) is 14.9 Å². The van der Waals surface area contributed by atoms with Gasteiger partial charge in [0.15, 0.2) is 0 Å². The summed E-state index contributed by atoms with van der Waals surface area (Å²) in [4.78, 5) is 36.1. The second-order valence-corrected chi connectivity index (χ2v) is 9.07. The largest absolute Gasteiger partial charge is 0.459 e. The van der Waals surface area contributed by atoms with Gasteiger partial charge in [0.2, 0.25) is 0 Å². The smallest absolute Gasteiger partial charge is 0.329 e. The third kappa shape index (κ3) is 6.75. The summed E-state index contributed by atoms with van der Waals surface area (Å²) in [5, 5.41) is 13.6. The predicted molar refractivity (Wildman–Crippen MR) is 129 cm³/mol. The molecule has 1 N–H and O–H groups in total. The van der Waals surface area contributed by atoms with Crippen LogP contribution in [-0.4, -0.2) is 22.8 Å². The Labute approximate surface area is 198 Å². The average molecular weight is 461 g/mol. The van der Waals surface area contributed by atoms with Gasteiger partial charge in [-0.05, 0) is 46.4 Å². The van der Waals surface area contributed by atoms with Crippen LogP contribution in [0.4, 0.5) is 5.69 Å². The number of hydrogen-bond donors (Lipinski definition) is 1. The molecule has 0 aliphatic heterocycles. The zero-order chi connectivity index (χ0) is 24.7. The molecule has 1 amide bonds. The Morgan fingerprint density at radius 3 is 2.09 bits per heavy atom. The number of nitro benzene ring substituents is 1. The second-order valence-electron chi connectivity index (χ2n) is 9.07. The minimum absolute atomic E-state index is 0.0352. The van der Waals surface area contributed by atoms with E-state index in [0.29, 0.717) is 11.1 Å². The maximum absolute atomic E-state index is 12.9. The van der Waals surface area contributed by atoms with E-state index in [2.05, 4.69) is 26.1 Å². The number of esters is 1. The Hall–Kier alpha value is -4.00. The second kappa shape index (κ2) is 10.7. The molecule has 0 aliphatic carbocycles. The molecule has 0 aliphatic rings. The predicted octanol–water partition coefficient (Wildman–Crippen LogP) is 4.98. The first kappa shape index (κ1) is 24.6. The molecule has 3 rings (SSSR count). The topological polar surface area (TPSA) is 98.5 Å². The number of amides is 1. The van der Waals surface area contributed by atoms with E-state index in [-0.39, 0.29) is 30.0 Å². The van der Waals surface area contributed by atoms with Gasteiger partial charge in [-0.25, -0.2) is 4.79 Å². The molecule has 0 saturated heterocycles. The summed E-state index contributed by atoms with van der Waals surface area (Å²) >= 11 is 0. The van der Waals surface area contributed by atoms with Crippen LogP contribution < -0.4 is 5.32 Å². The first-order valence-electron chi connectivity index (χ1n) is 11.0. The van der Waals surface area contributed by atoms with E-state index in [1.807, 2.05) is 42.5 Å². The fourth-order valence-electron chi connectivity index (χ4n) is 3.38. The van der Waals surface area contributed by atoms with Crippen LogP contribution >= 0.6 is 0 Å². The molecule has 0 bridgehead atoms. The normalized spacial score (nSPS) is 12.0. The molecule has 3 aromatic carbocycles. The van der Waals surface area contributed by atoms with Gasteiger partial charge in [0.05, 0.1) is 4.92 Å². The van der Waals surface area contributed by atoms with E-state index in [1.165, 1.54) is 24.3 Å². The van der Waals surface area contributed by atoms with Gasteiger partial charge >= 0.3 is 5.97 Å². The zero-order valence-electron chi connectivity index (χ0n) is 19.5. The molecule has 0 heterocycles. The van der Waals surface area contributed by atoms with Crippen molar-refractivity contribution in [2.75, 3.05) is 0 Å². The molecule has 0 saturated carbocycles. The summed E-state index contributed by atoms with van der Waals surface area (Å²) in [6.45, 7) is 6.23. The van der Waals surface area contributed by atoms with Crippen LogP contribution in [0.2, 0.25) is 0 Å². The van der Waals surface area contributed by atoms with Gasteiger partial charge in [0.25, 0.3) is 11.6 Å². The van der Waals surface area contributed by atoms with Gasteiger partial charge < -0.3 is 10.1 Å². The Morgan fingerprint density at radius 1 is 0.912 bits per heavy atom. The molecule has 34 heavy (non-hydrogen) atoms. The van der Waals surface area contributed by atoms with Crippen LogP contribution in [0, 0.1) is 10.1 Å². The summed E-state index contributed by atoms with van der Waals surface area (Å²) in [5.74, 6) is -0.949. The van der Waals surface area contributed by atoms with Crippen LogP contribution in [-0.2, 0) is 28.0 Å². The standard InChI is InChI=1S/C27H28N2O5/c1-27(2,3)22-13-11-21(12-14-22)25(30)28-24(17-19-7-5-4-6-8-19)26(31)34-18-20-9-15-23(16-10-20)29(32)33/h4-16,24H,17-18H2,1-3H3,(H,28,30)/t24-/m1/s1. The number of non-ortho nitro benzene ring substituents is 1. The molecule has 0 aromatic heterocycles. The van der Waals surface area contributed by atoms with Crippen LogP contribution in [0.5, 0.6) is 0 Å². The molecule has 0 unspecified atom stereocenters. The number of nitrogens with zero attached hydrogens (tertiary/aromatic N) is 1. The van der Waals surface area contributed by atoms with E-state index >= 15 is 0 Å². The summed E-state index contributed by atoms with van der Waals surface area (Å²) in [6, 6.07) is 21.6. The van der Waals surface area contributed by atoms with Crippen molar-refractivity contribution >= 4 is 17.6 Å². The lowest BCUT2D eigenvalue weighted by molar-refractivity contribution is -0.384. The van der Waals surface area contributed by atoms with Gasteiger partial charge in [-0.2, -0.15) is 0 Å². The molecule has 176 valence electrons. The third-order valence-corrected chi connectivity index (χ3v) is 5.41. The molecule has 7 nitrogen and oxygen atoms in total. The van der Waals surface area contributed by atoms with E-state index in [4.69, 9.17) is 4.74 Å². The Morgan fingerprint density at radius 2 is 1.53 bits per heavy atom. The molecule has 7 heteroatoms. The SMILES string of the molecule is CC(C)(C)c1ccc(C(=O)N[C@H](Cc2ccccc2)C(=O)OCc2ccc([N+](=O)[O-])cc2)cc1. The van der Waals surface area contributed by atoms with E-state index < -0.39 is 16.9 Å². The van der Waals surface area contributed by atoms with E-state index in [0.717, 1.165) is 11.1 Å². The number of carbonyl (C=O) groups is 2. The van der Waals surface area contributed by atoms with Crippen molar-refractivity contribution in [1.82, 2.24) is 5.32 Å². The lowest BCUT2D eigenvalue weighted by atomic mass is 9.86. The molecule has 3 aromatic rings. The number of nitrogens with one attached hydrogen (secondary N) is 1. The molecule has 0 spiro atoms. The number of nitro groups is 1. The Bertz CT molecular complexity index is 1130. The minimum atomic E-state index is -0.893. The zero-order valence-corrected chi connectivity index (χ0v) is 19.5. The highest BCUT2D eigenvalue weighted by Crippen LogP contribution is 2.22. The van der Waals surface area contributed by atoms with Crippen molar-refractivity contribution in [3.8, 4) is 0 Å². The fraction of sp³-hybridized carbons (Fsp3) is 0.259. The number of rotatable bonds is 8. The number of benzene rings is 3. The molecule has 0 radical (unpaired) electrons. The van der Waals surface area contributed by atoms with Gasteiger partial charge in [0, 0.05) is 24.1 Å². The maximum Gasteiger partial charge on any atom is 0.329 e. The summed E-state index contributed by atoms with van der Waals surface area (Å²) in [6.07, 6.45) is 0.270. The monoisotopic (exact) mass is 460 g/mol. The molecular weight excluding hydrogens is 432 g/mol. The van der Waals surface area contributed by atoms with Gasteiger partial charge in [-0.15, -0.1) is 0 Å². The number of hydrogen-bond acceptors (Lipinski definition) is 5. The van der Waals surface area contributed by atoms with Gasteiger partial charge in [-0.1, -0.05) is 63.2 Å². The van der Waals surface area contributed by atoms with Gasteiger partial charge in [0.1, 0.15) is 12.6 Å². The van der Waals surface area contributed by atoms with Crippen LogP contribution in [0.3, 0.4) is 0 Å². The lowest BCUT2D eigenvalue weighted by Crippen LogP contribution is -2.43. The minimum Gasteiger partial charge on any atom is -0.459 e. The Kier molecular flexibility index (Phi) is 7.79.